The van der Waals surface area contributed by atoms with E-state index in [1.54, 1.807) is 34.6 Å². The van der Waals surface area contributed by atoms with Gasteiger partial charge in [0.25, 0.3) is 6.43 Å². The molecule has 5 fully saturated rings. The lowest BCUT2D eigenvalue weighted by Gasteiger charge is -2.39. The highest BCUT2D eigenvalue weighted by Gasteiger charge is 2.35. The Hall–Kier alpha value is -3.61. The summed E-state index contributed by atoms with van der Waals surface area (Å²) >= 11 is 0. The lowest BCUT2D eigenvalue weighted by molar-refractivity contribution is -0.113. The highest BCUT2D eigenvalue weighted by atomic mass is 32.2. The quantitative estimate of drug-likeness (QED) is 0.131. The molecule has 0 radical (unpaired) electrons. The van der Waals surface area contributed by atoms with Crippen LogP contribution in [0.15, 0.2) is 30.3 Å². The Morgan fingerprint density at radius 2 is 0.636 bits per heavy atom. The van der Waals surface area contributed by atoms with Crippen molar-refractivity contribution in [3.63, 3.8) is 0 Å². The van der Waals surface area contributed by atoms with Crippen molar-refractivity contribution >= 4 is 103 Å². The normalized spacial score (nSPS) is 14.7. The van der Waals surface area contributed by atoms with Gasteiger partial charge in [0.15, 0.2) is 5.94 Å². The molecule has 2 saturated carbocycles. The molecule has 0 amide bonds. The van der Waals surface area contributed by atoms with Gasteiger partial charge in [-0.05, 0) is 76.3 Å². The summed E-state index contributed by atoms with van der Waals surface area (Å²) in [6, 6.07) is 8.96. The Morgan fingerprint density at radius 3 is 0.848 bits per heavy atom. The van der Waals surface area contributed by atoms with E-state index in [2.05, 4.69) is 8.92 Å². The number of halogens is 4. The Kier molecular flexibility index (Phi) is 113. The fraction of sp³-hybridized carbons (Fsp3) is 0.889. The third-order valence-electron chi connectivity index (χ3n) is 11.1. The zero-order chi connectivity index (χ0) is 66.6. The molecule has 0 bridgehead atoms. The van der Waals surface area contributed by atoms with Gasteiger partial charge in [-0.1, -0.05) is 180 Å². The van der Waals surface area contributed by atoms with Gasteiger partial charge >= 0.3 is 69.8 Å². The van der Waals surface area contributed by atoms with Crippen molar-refractivity contribution in [1.29, 1.82) is 0 Å². The van der Waals surface area contributed by atoms with Crippen molar-refractivity contribution < 1.29 is 132 Å². The second-order valence-corrected chi connectivity index (χ2v) is 29.2. The van der Waals surface area contributed by atoms with Gasteiger partial charge < -0.3 is 8.92 Å². The zero-order valence-corrected chi connectivity index (χ0v) is 54.4. The second-order valence-electron chi connectivity index (χ2n) is 17.8. The van der Waals surface area contributed by atoms with E-state index in [0.717, 1.165) is 96.4 Å². The van der Waals surface area contributed by atoms with Crippen molar-refractivity contribution in [2.45, 2.75) is 251 Å². The van der Waals surface area contributed by atoms with E-state index in [0.29, 0.717) is 44.0 Å². The average Bonchev–Trinajstić information content (AvgIpc) is 0.823. The van der Waals surface area contributed by atoms with E-state index in [1.807, 2.05) is 4.31 Å². The van der Waals surface area contributed by atoms with Crippen molar-refractivity contribution in [2.24, 2.45) is 0 Å². The third-order valence-corrected chi connectivity index (χ3v) is 17.7. The van der Waals surface area contributed by atoms with Crippen LogP contribution in [0.2, 0.25) is 0 Å². The standard InChI is InChI=1S/C13H25NO2S.C7H13F2NO3S.C7H13F2NO2S.C7H8O3S.C6H13NO2S.14CH4.5O3S/c1-17(15,16)14(12-8-4-2-5-9-12)13-10-6-3-7-11-13;8-7(9)13-6-14(11,12)10-4-2-1-3-5-10;8-7(9)6-13(11,12)10-4-2-1-3-5-10;1-11(8,9)10-7-5-3-2-4-6-7;1-10(8,9)7-5-3-2-4-6-7;;;;;;;;;;;;;;;5*1-4(2)3/h12-13H,2-11H2,1H3;7H,1-6H2;7H,1-6H2;2-6H,1H3;2-6H2,1H3;14*1H4;;;;;. The molecule has 6 rings (SSSR count). The minimum atomic E-state index is -3.70. The predicted octanol–water partition coefficient (Wildman–Crippen LogP) is 10.3. The molecule has 614 valence electrons. The van der Waals surface area contributed by atoms with Crippen LogP contribution in [0.1, 0.15) is 226 Å². The third kappa shape index (κ3) is 94.4. The molecule has 1 aromatic rings. The lowest BCUT2D eigenvalue weighted by atomic mass is 9.91. The maximum absolute atomic E-state index is 12.1. The molecule has 0 aromatic heterocycles. The monoisotopic (exact) mass is 1660 g/mol. The molecule has 1 aromatic carbocycles. The van der Waals surface area contributed by atoms with E-state index in [9.17, 15) is 59.7 Å². The van der Waals surface area contributed by atoms with Gasteiger partial charge in [-0.15, -0.1) is 63.1 Å². The molecule has 0 N–H and O–H groups in total. The van der Waals surface area contributed by atoms with Crippen molar-refractivity contribution in [3.8, 4) is 5.75 Å². The Morgan fingerprint density at radius 1 is 0.394 bits per heavy atom. The largest absolute Gasteiger partial charge is 0.425 e. The summed E-state index contributed by atoms with van der Waals surface area (Å²) in [7, 11) is -32.2. The van der Waals surface area contributed by atoms with Crippen LogP contribution in [0.3, 0.4) is 0 Å². The molecule has 31 nitrogen and oxygen atoms in total. The van der Waals surface area contributed by atoms with Crippen LogP contribution in [-0.2, 0) is 108 Å². The number of rotatable bonds is 13. The molecule has 99 heavy (non-hydrogen) atoms. The summed E-state index contributed by atoms with van der Waals surface area (Å²) in [5.74, 6) is -1.62. The van der Waals surface area contributed by atoms with Crippen LogP contribution in [0.5, 0.6) is 5.75 Å². The van der Waals surface area contributed by atoms with E-state index in [4.69, 9.17) is 63.1 Å². The number of nitrogens with zero attached hydrogens (tertiary/aromatic N) is 4. The van der Waals surface area contributed by atoms with Crippen molar-refractivity contribution in [1.82, 2.24) is 17.2 Å². The topological polar surface area (TPSA) is 458 Å². The number of sulfonamides is 4. The van der Waals surface area contributed by atoms with Crippen LogP contribution in [0.4, 0.5) is 17.6 Å². The number of piperidine rings is 3. The fourth-order valence-corrected chi connectivity index (χ4v) is 13.6. The Balaban J connectivity index is -0.0000000471. The summed E-state index contributed by atoms with van der Waals surface area (Å²) in [6.45, 7) is 0.0283. The molecular formula is C54H128F4N4O27S10. The molecule has 2 aliphatic carbocycles. The van der Waals surface area contributed by atoms with Gasteiger partial charge in [0.05, 0.1) is 18.8 Å². The Labute approximate surface area is 605 Å². The molecular weight excluding hydrogens is 1530 g/mol. The smallest absolute Gasteiger partial charge is 0.383 e. The average molecular weight is 1660 g/mol. The molecule has 45 heteroatoms. The number of ether oxygens (including phenoxy) is 1. The number of hydrogen-bond donors (Lipinski definition) is 0. The first-order valence-corrected chi connectivity index (χ1v) is 38.6. The molecule has 3 aliphatic heterocycles. The summed E-state index contributed by atoms with van der Waals surface area (Å²) in [5.41, 5.74) is 0. The second kappa shape index (κ2) is 78.5. The van der Waals surface area contributed by atoms with Gasteiger partial charge in [-0.2, -0.15) is 25.8 Å². The maximum atomic E-state index is 12.1. The van der Waals surface area contributed by atoms with Gasteiger partial charge in [-0.25, -0.2) is 51.1 Å². The SMILES string of the molecule is C.C.C.C.C.C.C.C.C.C.C.C.C.C.CS(=O)(=O)N(C1CCCCC1)C1CCCCC1.CS(=O)(=O)N1CCCCC1.CS(=O)(=O)Oc1ccccc1.O=S(=O)(CC(F)F)N1CCCCC1.O=S(=O)(COC(F)F)N1CCCCC1.O=S(=O)=O.O=S(=O)=O.O=S(=O)=O.O=S(=O)=O.O=S(=O)=O. The van der Waals surface area contributed by atoms with E-state index < -0.39 is 128 Å². The Bertz CT molecular complexity index is 3000. The lowest BCUT2D eigenvalue weighted by Crippen LogP contribution is -2.48. The number of benzene rings is 1. The van der Waals surface area contributed by atoms with Crippen molar-refractivity contribution in [3.05, 3.63) is 30.3 Å². The van der Waals surface area contributed by atoms with Crippen molar-refractivity contribution in [2.75, 3.05) is 69.7 Å². The minimum absolute atomic E-state index is 0. The number of hydrogen-bond acceptors (Lipinski definition) is 27. The zero-order valence-electron chi connectivity index (χ0n) is 46.2. The number of alkyl halides is 4. The maximum Gasteiger partial charge on any atom is 0.425 e. The van der Waals surface area contributed by atoms with Crippen LogP contribution >= 0.6 is 0 Å². The summed E-state index contributed by atoms with van der Waals surface area (Å²) in [6.07, 6.45) is 20.9. The van der Waals surface area contributed by atoms with Crippen LogP contribution in [0, 0.1) is 0 Å². The van der Waals surface area contributed by atoms with Gasteiger partial charge in [0.2, 0.25) is 40.1 Å². The first-order valence-electron chi connectivity index (χ1n) is 24.8. The van der Waals surface area contributed by atoms with E-state index >= 15 is 0 Å². The molecule has 5 aliphatic rings. The first kappa shape index (κ1) is 142. The van der Waals surface area contributed by atoms with Crippen LogP contribution in [0.25, 0.3) is 0 Å². The van der Waals surface area contributed by atoms with Gasteiger partial charge in [0.1, 0.15) is 11.5 Å². The fourth-order valence-electron chi connectivity index (χ4n) is 8.12. The van der Waals surface area contributed by atoms with Crippen LogP contribution in [-0.4, -0.2) is 217 Å². The molecule has 0 unspecified atom stereocenters. The van der Waals surface area contributed by atoms with E-state index in [-0.39, 0.29) is 104 Å². The van der Waals surface area contributed by atoms with Crippen LogP contribution < -0.4 is 4.18 Å². The van der Waals surface area contributed by atoms with E-state index in [1.165, 1.54) is 66.1 Å². The number of para-hydroxylation sites is 1. The van der Waals surface area contributed by atoms with Gasteiger partial charge in [0, 0.05) is 51.4 Å². The predicted molar refractivity (Wildman–Crippen MR) is 387 cm³/mol. The molecule has 0 atom stereocenters. The highest BCUT2D eigenvalue weighted by Crippen LogP contribution is 2.32. The molecule has 0 spiro atoms. The van der Waals surface area contributed by atoms with Gasteiger partial charge in [-0.3, -0.25) is 0 Å². The summed E-state index contributed by atoms with van der Waals surface area (Å²) in [5, 5.41) is 0. The summed E-state index contributed by atoms with van der Waals surface area (Å²) in [4.78, 5) is 0. The molecule has 3 heterocycles. The minimum Gasteiger partial charge on any atom is -0.383 e. The first-order chi connectivity index (χ1) is 39.0. The summed E-state index contributed by atoms with van der Waals surface area (Å²) < 4.78 is 300. The highest BCUT2D eigenvalue weighted by molar-refractivity contribution is 7.89. The molecule has 3 saturated heterocycles.